The van der Waals surface area contributed by atoms with Crippen molar-refractivity contribution in [1.82, 2.24) is 14.4 Å². The lowest BCUT2D eigenvalue weighted by Gasteiger charge is -2.11. The summed E-state index contributed by atoms with van der Waals surface area (Å²) >= 11 is 11.6. The van der Waals surface area contributed by atoms with Gasteiger partial charge >= 0.3 is 0 Å². The van der Waals surface area contributed by atoms with Crippen molar-refractivity contribution in [2.75, 3.05) is 14.1 Å². The maximum Gasteiger partial charge on any atom is 0.276 e. The molecule has 0 unspecified atom stereocenters. The normalized spacial score (nSPS) is 15.8. The van der Waals surface area contributed by atoms with Crippen molar-refractivity contribution < 1.29 is 9.18 Å². The molecule has 4 rings (SSSR count). The van der Waals surface area contributed by atoms with Crippen LogP contribution in [0.5, 0.6) is 0 Å². The first-order valence-corrected chi connectivity index (χ1v) is 10.4. The van der Waals surface area contributed by atoms with Gasteiger partial charge in [-0.05, 0) is 42.4 Å². The second-order valence-electron chi connectivity index (χ2n) is 7.31. The Hall–Kier alpha value is -2.70. The van der Waals surface area contributed by atoms with Crippen molar-refractivity contribution in [3.8, 4) is 0 Å². The highest BCUT2D eigenvalue weighted by molar-refractivity contribution is 7.80. The van der Waals surface area contributed by atoms with E-state index in [0.29, 0.717) is 27.9 Å². The number of fused-ring (bicyclic) bond motifs is 1. The molecule has 3 aromatic rings. The lowest BCUT2D eigenvalue weighted by atomic mass is 10.1. The predicted molar refractivity (Wildman–Crippen MR) is 123 cm³/mol. The zero-order valence-corrected chi connectivity index (χ0v) is 18.5. The van der Waals surface area contributed by atoms with Gasteiger partial charge < -0.3 is 9.47 Å². The number of carbonyl (C=O) groups is 1. The molecule has 0 spiro atoms. The number of halogens is 2. The summed E-state index contributed by atoms with van der Waals surface area (Å²) in [5, 5.41) is 1.85. The second-order valence-corrected chi connectivity index (χ2v) is 8.09. The predicted octanol–water partition coefficient (Wildman–Crippen LogP) is 5.07. The van der Waals surface area contributed by atoms with Crippen LogP contribution in [0, 0.1) is 5.82 Å². The van der Waals surface area contributed by atoms with E-state index in [9.17, 15) is 9.18 Å². The molecule has 1 amide bonds. The maximum atomic E-state index is 14.5. The molecule has 0 bridgehead atoms. The number of nitrogens with zero attached hydrogens (tertiary/aromatic N) is 3. The Balaban J connectivity index is 1.90. The van der Waals surface area contributed by atoms with E-state index in [1.165, 1.54) is 11.0 Å². The van der Waals surface area contributed by atoms with Crippen molar-refractivity contribution in [3.05, 3.63) is 75.8 Å². The molecular formula is C23H21ClFN3OS. The first kappa shape index (κ1) is 20.6. The zero-order valence-electron chi connectivity index (χ0n) is 16.9. The third-order valence-corrected chi connectivity index (χ3v) is 6.44. The third kappa shape index (κ3) is 3.30. The standard InChI is InChI=1S/C23H21ClFN3OS/c1-4-14-7-5-8-16-15(11-20-22(29)27(3)23(30)26(20)2)12-28(21(14)16)13-17-18(24)9-6-10-19(17)25/h5-12H,4,13H2,1-3H3/b20-11-. The minimum atomic E-state index is -0.337. The van der Waals surface area contributed by atoms with Gasteiger partial charge in [-0.2, -0.15) is 0 Å². The monoisotopic (exact) mass is 441 g/mol. The summed E-state index contributed by atoms with van der Waals surface area (Å²) in [7, 11) is 3.45. The highest BCUT2D eigenvalue weighted by Crippen LogP contribution is 2.31. The molecule has 4 nitrogen and oxygen atoms in total. The number of likely N-dealkylation sites (N-methyl/N-ethyl adjacent to an activating group) is 2. The fraction of sp³-hybridized carbons (Fsp3) is 0.217. The summed E-state index contributed by atoms with van der Waals surface area (Å²) < 4.78 is 16.5. The molecule has 2 aromatic carbocycles. The van der Waals surface area contributed by atoms with E-state index < -0.39 is 0 Å². The SMILES string of the molecule is CCc1cccc2c(/C=C3/C(=O)N(C)C(=S)N3C)cn(Cc3c(F)cccc3Cl)c12. The number of hydrogen-bond donors (Lipinski definition) is 0. The van der Waals surface area contributed by atoms with Crippen molar-refractivity contribution in [2.45, 2.75) is 19.9 Å². The van der Waals surface area contributed by atoms with Gasteiger partial charge in [0.2, 0.25) is 0 Å². The number of carbonyl (C=O) groups excluding carboxylic acids is 1. The number of thiocarbonyl (C=S) groups is 1. The van der Waals surface area contributed by atoms with Gasteiger partial charge in [-0.1, -0.05) is 42.8 Å². The van der Waals surface area contributed by atoms with Gasteiger partial charge in [0.25, 0.3) is 5.91 Å². The van der Waals surface area contributed by atoms with E-state index in [-0.39, 0.29) is 11.7 Å². The van der Waals surface area contributed by atoms with Gasteiger partial charge in [-0.15, -0.1) is 0 Å². The van der Waals surface area contributed by atoms with E-state index in [0.717, 1.165) is 28.5 Å². The third-order valence-electron chi connectivity index (χ3n) is 5.53. The van der Waals surface area contributed by atoms with Crippen LogP contribution in [0.2, 0.25) is 5.02 Å². The van der Waals surface area contributed by atoms with Gasteiger partial charge in [-0.25, -0.2) is 4.39 Å². The van der Waals surface area contributed by atoms with Gasteiger partial charge in [0, 0.05) is 41.8 Å². The molecule has 1 aliphatic rings. The fourth-order valence-electron chi connectivity index (χ4n) is 3.88. The Morgan fingerprint density at radius 3 is 2.50 bits per heavy atom. The second kappa shape index (κ2) is 7.85. The van der Waals surface area contributed by atoms with E-state index in [1.54, 1.807) is 31.1 Å². The van der Waals surface area contributed by atoms with Crippen LogP contribution in [0.1, 0.15) is 23.6 Å². The Labute approximate surface area is 185 Å². The number of para-hydroxylation sites is 1. The van der Waals surface area contributed by atoms with Crippen molar-refractivity contribution in [2.24, 2.45) is 0 Å². The zero-order chi connectivity index (χ0) is 21.6. The van der Waals surface area contributed by atoms with Crippen LogP contribution in [-0.4, -0.2) is 39.5 Å². The quantitative estimate of drug-likeness (QED) is 0.418. The van der Waals surface area contributed by atoms with E-state index in [2.05, 4.69) is 13.0 Å². The Morgan fingerprint density at radius 2 is 1.87 bits per heavy atom. The molecular weight excluding hydrogens is 421 g/mol. The van der Waals surface area contributed by atoms with Gasteiger partial charge in [0.1, 0.15) is 11.5 Å². The van der Waals surface area contributed by atoms with Crippen LogP contribution < -0.4 is 0 Å². The van der Waals surface area contributed by atoms with Crippen LogP contribution in [-0.2, 0) is 17.8 Å². The Kier molecular flexibility index (Phi) is 5.38. The highest BCUT2D eigenvalue weighted by atomic mass is 35.5. The minimum Gasteiger partial charge on any atom is -0.342 e. The van der Waals surface area contributed by atoms with Crippen molar-refractivity contribution in [3.63, 3.8) is 0 Å². The molecule has 0 atom stereocenters. The molecule has 1 saturated heterocycles. The number of amides is 1. The number of aryl methyl sites for hydroxylation is 1. The molecule has 2 heterocycles. The first-order valence-electron chi connectivity index (χ1n) is 9.64. The van der Waals surface area contributed by atoms with E-state index in [4.69, 9.17) is 23.8 Å². The lowest BCUT2D eigenvalue weighted by molar-refractivity contribution is -0.121. The van der Waals surface area contributed by atoms with Gasteiger partial charge in [-0.3, -0.25) is 9.69 Å². The molecule has 1 aliphatic heterocycles. The molecule has 1 fully saturated rings. The molecule has 0 radical (unpaired) electrons. The van der Waals surface area contributed by atoms with Gasteiger partial charge in [0.15, 0.2) is 5.11 Å². The molecule has 30 heavy (non-hydrogen) atoms. The van der Waals surface area contributed by atoms with Gasteiger partial charge in [0.05, 0.1) is 12.1 Å². The van der Waals surface area contributed by atoms with Crippen molar-refractivity contribution >= 4 is 51.8 Å². The lowest BCUT2D eigenvalue weighted by Crippen LogP contribution is -2.26. The Morgan fingerprint density at radius 1 is 1.13 bits per heavy atom. The molecule has 1 aromatic heterocycles. The van der Waals surface area contributed by atoms with Crippen LogP contribution >= 0.6 is 23.8 Å². The molecule has 0 aliphatic carbocycles. The highest BCUT2D eigenvalue weighted by Gasteiger charge is 2.33. The van der Waals surface area contributed by atoms with Crippen LogP contribution in [0.15, 0.2) is 48.3 Å². The summed E-state index contributed by atoms with van der Waals surface area (Å²) in [5.41, 5.74) is 3.98. The molecule has 154 valence electrons. The molecule has 7 heteroatoms. The molecule has 0 saturated carbocycles. The van der Waals surface area contributed by atoms with E-state index >= 15 is 0 Å². The van der Waals surface area contributed by atoms with Crippen molar-refractivity contribution in [1.29, 1.82) is 0 Å². The number of aromatic nitrogens is 1. The summed E-state index contributed by atoms with van der Waals surface area (Å²) in [4.78, 5) is 15.8. The summed E-state index contributed by atoms with van der Waals surface area (Å²) in [6, 6.07) is 10.8. The first-order chi connectivity index (χ1) is 14.3. The fourth-order valence-corrected chi connectivity index (χ4v) is 4.28. The number of rotatable bonds is 4. The minimum absolute atomic E-state index is 0.146. The van der Waals surface area contributed by atoms with E-state index in [1.807, 2.05) is 29.0 Å². The largest absolute Gasteiger partial charge is 0.342 e. The summed E-state index contributed by atoms with van der Waals surface area (Å²) in [5.74, 6) is -0.483. The smallest absolute Gasteiger partial charge is 0.276 e. The van der Waals surface area contributed by atoms with Crippen LogP contribution in [0.3, 0.4) is 0 Å². The topological polar surface area (TPSA) is 28.5 Å². The summed E-state index contributed by atoms with van der Waals surface area (Å²) in [6.45, 7) is 2.38. The average Bonchev–Trinajstić information content (AvgIpc) is 3.17. The summed E-state index contributed by atoms with van der Waals surface area (Å²) in [6.07, 6.45) is 4.62. The number of benzene rings is 2. The molecule has 0 N–H and O–H groups in total. The van der Waals surface area contributed by atoms with Crippen LogP contribution in [0.25, 0.3) is 17.0 Å². The van der Waals surface area contributed by atoms with Crippen LogP contribution in [0.4, 0.5) is 4.39 Å². The number of hydrogen-bond acceptors (Lipinski definition) is 2. The Bertz CT molecular complexity index is 1200. The maximum absolute atomic E-state index is 14.5. The average molecular weight is 442 g/mol.